The highest BCUT2D eigenvalue weighted by Gasteiger charge is 2.12. The number of aryl methyl sites for hydroxylation is 1. The Bertz CT molecular complexity index is 949. The summed E-state index contributed by atoms with van der Waals surface area (Å²) in [5.74, 6) is -0.322. The second-order valence-corrected chi connectivity index (χ2v) is 6.90. The van der Waals surface area contributed by atoms with Crippen LogP contribution in [-0.2, 0) is 16.0 Å². The van der Waals surface area contributed by atoms with Crippen LogP contribution in [-0.4, -0.2) is 28.6 Å². The van der Waals surface area contributed by atoms with Crippen LogP contribution in [0.1, 0.15) is 29.4 Å². The Morgan fingerprint density at radius 2 is 1.82 bits per heavy atom. The van der Waals surface area contributed by atoms with E-state index in [1.165, 1.54) is 11.3 Å². The highest BCUT2D eigenvalue weighted by molar-refractivity contribution is 7.13. The molecular formula is C21H20N2O4S. The summed E-state index contributed by atoms with van der Waals surface area (Å²) in [5, 5.41) is 14.6. The standard InChI is InChI=1S/C21H20N2O4S/c1-2-27-19(25)12-5-14-3-8-16(9-4-14)22-20(26)18-13-28-21(23-18)15-6-10-17(24)11-7-15/h3-4,6-11,13,24H,2,5,12H2,1H3,(H,22,26). The monoisotopic (exact) mass is 396 g/mol. The number of carbonyl (C=O) groups excluding carboxylic acids is 2. The molecule has 6 nitrogen and oxygen atoms in total. The normalized spacial score (nSPS) is 10.5. The second-order valence-electron chi connectivity index (χ2n) is 6.04. The van der Waals surface area contributed by atoms with Gasteiger partial charge in [-0.05, 0) is 55.3 Å². The number of rotatable bonds is 7. The maximum absolute atomic E-state index is 12.4. The van der Waals surface area contributed by atoms with Gasteiger partial charge in [0.15, 0.2) is 0 Å². The van der Waals surface area contributed by atoms with Crippen molar-refractivity contribution >= 4 is 28.9 Å². The number of anilines is 1. The summed E-state index contributed by atoms with van der Waals surface area (Å²) < 4.78 is 4.91. The fraction of sp³-hybridized carbons (Fsp3) is 0.190. The SMILES string of the molecule is CCOC(=O)CCc1ccc(NC(=O)c2csc(-c3ccc(O)cc3)n2)cc1. The van der Waals surface area contributed by atoms with Gasteiger partial charge >= 0.3 is 5.97 Å². The molecular weight excluding hydrogens is 376 g/mol. The van der Waals surface area contributed by atoms with E-state index in [0.717, 1.165) is 11.1 Å². The maximum atomic E-state index is 12.4. The van der Waals surface area contributed by atoms with Crippen LogP contribution >= 0.6 is 11.3 Å². The Balaban J connectivity index is 1.59. The van der Waals surface area contributed by atoms with Crippen molar-refractivity contribution in [1.29, 1.82) is 0 Å². The fourth-order valence-electron chi connectivity index (χ4n) is 2.54. The molecule has 0 fully saturated rings. The Morgan fingerprint density at radius 1 is 1.11 bits per heavy atom. The Hall–Kier alpha value is -3.19. The predicted molar refractivity (Wildman–Crippen MR) is 109 cm³/mol. The average molecular weight is 396 g/mol. The number of phenols is 1. The van der Waals surface area contributed by atoms with Crippen LogP contribution in [0, 0.1) is 0 Å². The third kappa shape index (κ3) is 5.17. The van der Waals surface area contributed by atoms with Crippen LogP contribution in [0.4, 0.5) is 5.69 Å². The molecule has 2 N–H and O–H groups in total. The number of benzene rings is 2. The van der Waals surface area contributed by atoms with E-state index in [9.17, 15) is 14.7 Å². The van der Waals surface area contributed by atoms with Gasteiger partial charge < -0.3 is 15.2 Å². The second kappa shape index (κ2) is 9.14. The van der Waals surface area contributed by atoms with E-state index in [1.807, 2.05) is 12.1 Å². The first kappa shape index (κ1) is 19.6. The highest BCUT2D eigenvalue weighted by atomic mass is 32.1. The number of aromatic nitrogens is 1. The van der Waals surface area contributed by atoms with Gasteiger partial charge in [0.05, 0.1) is 6.61 Å². The molecule has 3 aromatic rings. The molecule has 0 spiro atoms. The predicted octanol–water partition coefficient (Wildman–Crippen LogP) is 4.26. The van der Waals surface area contributed by atoms with Crippen LogP contribution in [0.15, 0.2) is 53.9 Å². The summed E-state index contributed by atoms with van der Waals surface area (Å²) in [6, 6.07) is 14.0. The number of hydrogen-bond acceptors (Lipinski definition) is 6. The van der Waals surface area contributed by atoms with Gasteiger partial charge in [-0.2, -0.15) is 0 Å². The number of phenolic OH excluding ortho intramolecular Hbond substituents is 1. The van der Waals surface area contributed by atoms with E-state index in [0.29, 0.717) is 35.8 Å². The number of carbonyl (C=O) groups is 2. The molecule has 1 aromatic heterocycles. The van der Waals surface area contributed by atoms with Gasteiger partial charge in [-0.25, -0.2) is 4.98 Å². The smallest absolute Gasteiger partial charge is 0.306 e. The molecule has 144 valence electrons. The molecule has 3 rings (SSSR count). The zero-order valence-corrected chi connectivity index (χ0v) is 16.2. The average Bonchev–Trinajstić information content (AvgIpc) is 3.19. The number of esters is 1. The lowest BCUT2D eigenvalue weighted by Gasteiger charge is -2.06. The minimum Gasteiger partial charge on any atom is -0.508 e. The van der Waals surface area contributed by atoms with E-state index in [1.54, 1.807) is 48.7 Å². The minimum absolute atomic E-state index is 0.184. The number of ether oxygens (including phenoxy) is 1. The van der Waals surface area contributed by atoms with Crippen molar-refractivity contribution in [1.82, 2.24) is 4.98 Å². The largest absolute Gasteiger partial charge is 0.508 e. The molecule has 1 amide bonds. The van der Waals surface area contributed by atoms with E-state index in [2.05, 4.69) is 10.3 Å². The Kier molecular flexibility index (Phi) is 6.39. The van der Waals surface area contributed by atoms with Crippen molar-refractivity contribution in [2.75, 3.05) is 11.9 Å². The first-order valence-electron chi connectivity index (χ1n) is 8.86. The van der Waals surface area contributed by atoms with Crippen LogP contribution in [0.3, 0.4) is 0 Å². The zero-order valence-electron chi connectivity index (χ0n) is 15.3. The zero-order chi connectivity index (χ0) is 19.9. The maximum Gasteiger partial charge on any atom is 0.306 e. The van der Waals surface area contributed by atoms with Crippen molar-refractivity contribution < 1.29 is 19.4 Å². The fourth-order valence-corrected chi connectivity index (χ4v) is 3.35. The lowest BCUT2D eigenvalue weighted by atomic mass is 10.1. The molecule has 0 saturated carbocycles. The summed E-state index contributed by atoms with van der Waals surface area (Å²) in [7, 11) is 0. The first-order valence-corrected chi connectivity index (χ1v) is 9.74. The summed E-state index contributed by atoms with van der Waals surface area (Å²) in [6.07, 6.45) is 0.924. The number of amides is 1. The van der Waals surface area contributed by atoms with Gasteiger partial charge in [0.1, 0.15) is 16.5 Å². The summed E-state index contributed by atoms with van der Waals surface area (Å²) >= 11 is 1.37. The molecule has 0 aliphatic rings. The van der Waals surface area contributed by atoms with Crippen LogP contribution in [0.2, 0.25) is 0 Å². The van der Waals surface area contributed by atoms with E-state index >= 15 is 0 Å². The van der Waals surface area contributed by atoms with E-state index < -0.39 is 0 Å². The van der Waals surface area contributed by atoms with Gasteiger partial charge in [-0.15, -0.1) is 11.3 Å². The number of nitrogens with zero attached hydrogens (tertiary/aromatic N) is 1. The highest BCUT2D eigenvalue weighted by Crippen LogP contribution is 2.25. The third-order valence-electron chi connectivity index (χ3n) is 3.99. The van der Waals surface area contributed by atoms with Crippen LogP contribution < -0.4 is 5.32 Å². The summed E-state index contributed by atoms with van der Waals surface area (Å²) in [4.78, 5) is 28.2. The molecule has 1 heterocycles. The molecule has 28 heavy (non-hydrogen) atoms. The van der Waals surface area contributed by atoms with Crippen molar-refractivity contribution in [2.45, 2.75) is 19.8 Å². The lowest BCUT2D eigenvalue weighted by Crippen LogP contribution is -2.12. The first-order chi connectivity index (χ1) is 13.5. The molecule has 0 atom stereocenters. The minimum atomic E-state index is -0.291. The van der Waals surface area contributed by atoms with E-state index in [4.69, 9.17) is 4.74 Å². The van der Waals surface area contributed by atoms with Gasteiger partial charge in [0, 0.05) is 23.1 Å². The number of thiazole rings is 1. The molecule has 2 aromatic carbocycles. The quantitative estimate of drug-likeness (QED) is 0.583. The number of aromatic hydroxyl groups is 1. The molecule has 0 aliphatic heterocycles. The summed E-state index contributed by atoms with van der Waals surface area (Å²) in [6.45, 7) is 2.17. The van der Waals surface area contributed by atoms with Crippen molar-refractivity contribution in [3.63, 3.8) is 0 Å². The lowest BCUT2D eigenvalue weighted by molar-refractivity contribution is -0.143. The Labute approximate surface area is 166 Å². The molecule has 0 bridgehead atoms. The molecule has 0 unspecified atom stereocenters. The van der Waals surface area contributed by atoms with Gasteiger partial charge in [-0.1, -0.05) is 12.1 Å². The number of hydrogen-bond donors (Lipinski definition) is 2. The van der Waals surface area contributed by atoms with Crippen molar-refractivity contribution in [2.24, 2.45) is 0 Å². The van der Waals surface area contributed by atoms with Gasteiger partial charge in [0.2, 0.25) is 0 Å². The van der Waals surface area contributed by atoms with Crippen molar-refractivity contribution in [3.8, 4) is 16.3 Å². The van der Waals surface area contributed by atoms with Crippen LogP contribution in [0.5, 0.6) is 5.75 Å². The van der Waals surface area contributed by atoms with Gasteiger partial charge in [-0.3, -0.25) is 9.59 Å². The molecule has 0 saturated heterocycles. The number of nitrogens with one attached hydrogen (secondary N) is 1. The van der Waals surface area contributed by atoms with Gasteiger partial charge in [0.25, 0.3) is 5.91 Å². The molecule has 0 aliphatic carbocycles. The molecule has 0 radical (unpaired) electrons. The van der Waals surface area contributed by atoms with Crippen molar-refractivity contribution in [3.05, 3.63) is 65.2 Å². The third-order valence-corrected chi connectivity index (χ3v) is 4.88. The summed E-state index contributed by atoms with van der Waals surface area (Å²) in [5.41, 5.74) is 2.82. The Morgan fingerprint density at radius 3 is 2.50 bits per heavy atom. The van der Waals surface area contributed by atoms with Crippen LogP contribution in [0.25, 0.3) is 10.6 Å². The topological polar surface area (TPSA) is 88.5 Å². The molecule has 7 heteroatoms. The van der Waals surface area contributed by atoms with E-state index in [-0.39, 0.29) is 17.6 Å².